The lowest BCUT2D eigenvalue weighted by Crippen LogP contribution is -2.12. The van der Waals surface area contributed by atoms with E-state index in [2.05, 4.69) is 80.3 Å². The molecule has 1 N–H and O–H groups in total. The smallest absolute Gasteiger partial charge is 0.153 e. The zero-order valence-corrected chi connectivity index (χ0v) is 26.1. The van der Waals surface area contributed by atoms with E-state index < -0.39 is 0 Å². The number of amidine groups is 1. The Labute approximate surface area is 251 Å². The SMILES string of the molecule is C#C/C=C(\C=C(/CC)C/C=C\C(=C/CCCC)C(N=C)=NCC(=C)/C=C\C=C/C)NC(/C=C\C)=C(/C=C)C/C=C\C. The molecule has 0 aromatic heterocycles. The van der Waals surface area contributed by atoms with Gasteiger partial charge in [0.1, 0.15) is 0 Å². The molecule has 0 aliphatic heterocycles. The second-order valence-corrected chi connectivity index (χ2v) is 9.21. The molecule has 41 heavy (non-hydrogen) atoms. The average molecular weight is 550 g/mol. The van der Waals surface area contributed by atoms with E-state index in [9.17, 15) is 0 Å². The van der Waals surface area contributed by atoms with Gasteiger partial charge in [0.25, 0.3) is 0 Å². The molecule has 0 atom stereocenters. The van der Waals surface area contributed by atoms with Crippen LogP contribution in [0.3, 0.4) is 0 Å². The van der Waals surface area contributed by atoms with E-state index in [1.165, 1.54) is 5.57 Å². The minimum atomic E-state index is 0.468. The van der Waals surface area contributed by atoms with Gasteiger partial charge in [0.05, 0.1) is 6.54 Å². The van der Waals surface area contributed by atoms with Crippen molar-refractivity contribution in [1.29, 1.82) is 0 Å². The Kier molecular flexibility index (Phi) is 22.3. The highest BCUT2D eigenvalue weighted by molar-refractivity contribution is 6.03. The largest absolute Gasteiger partial charge is 0.355 e. The summed E-state index contributed by atoms with van der Waals surface area (Å²) in [5.41, 5.74) is 6.07. The van der Waals surface area contributed by atoms with Gasteiger partial charge in [-0.1, -0.05) is 118 Å². The molecule has 0 radical (unpaired) electrons. The summed E-state index contributed by atoms with van der Waals surface area (Å²) in [7, 11) is 0. The van der Waals surface area contributed by atoms with Gasteiger partial charge in [-0.25, -0.2) is 4.99 Å². The van der Waals surface area contributed by atoms with Gasteiger partial charge in [-0.3, -0.25) is 4.99 Å². The van der Waals surface area contributed by atoms with E-state index in [-0.39, 0.29) is 0 Å². The summed E-state index contributed by atoms with van der Waals surface area (Å²) in [5, 5.41) is 3.52. The van der Waals surface area contributed by atoms with Crippen LogP contribution in [0.1, 0.15) is 73.1 Å². The van der Waals surface area contributed by atoms with Gasteiger partial charge in [-0.15, -0.1) is 6.42 Å². The fourth-order valence-corrected chi connectivity index (χ4v) is 3.63. The van der Waals surface area contributed by atoms with Gasteiger partial charge in [0.2, 0.25) is 0 Å². The molecule has 0 fully saturated rings. The molecular weight excluding hydrogens is 498 g/mol. The van der Waals surface area contributed by atoms with Crippen molar-refractivity contribution in [3.63, 3.8) is 0 Å². The first-order chi connectivity index (χ1) is 19.9. The fourth-order valence-electron chi connectivity index (χ4n) is 3.63. The van der Waals surface area contributed by atoms with Crippen molar-refractivity contribution in [2.24, 2.45) is 9.98 Å². The second kappa shape index (κ2) is 24.9. The minimum Gasteiger partial charge on any atom is -0.355 e. The van der Waals surface area contributed by atoms with Crippen molar-refractivity contribution < 1.29 is 0 Å². The topological polar surface area (TPSA) is 36.8 Å². The third kappa shape index (κ3) is 17.2. The number of terminal acetylenes is 1. The number of hydrogen-bond donors (Lipinski definition) is 1. The summed E-state index contributed by atoms with van der Waals surface area (Å²) in [5.74, 6) is 3.31. The maximum atomic E-state index is 5.69. The van der Waals surface area contributed by atoms with Crippen molar-refractivity contribution >= 4 is 12.6 Å². The van der Waals surface area contributed by atoms with E-state index >= 15 is 0 Å². The molecule has 0 unspecified atom stereocenters. The zero-order valence-electron chi connectivity index (χ0n) is 26.1. The average Bonchev–Trinajstić information content (AvgIpc) is 2.97. The fraction of sp³-hybridized carbons (Fsp3) is 0.316. The molecule has 0 aliphatic rings. The summed E-state index contributed by atoms with van der Waals surface area (Å²) in [6, 6.07) is 0. The lowest BCUT2D eigenvalue weighted by atomic mass is 10.0. The summed E-state index contributed by atoms with van der Waals surface area (Å²) >= 11 is 0. The van der Waals surface area contributed by atoms with Crippen molar-refractivity contribution in [3.8, 4) is 12.3 Å². The van der Waals surface area contributed by atoms with Crippen LogP contribution in [0.5, 0.6) is 0 Å². The number of aliphatic imine (C=N–C) groups is 2. The van der Waals surface area contributed by atoms with Crippen molar-refractivity contribution in [2.45, 2.75) is 73.1 Å². The Hall–Kier alpha value is -4.16. The van der Waals surface area contributed by atoms with E-state index in [1.807, 2.05) is 69.4 Å². The number of nitrogens with zero attached hydrogens (tertiary/aromatic N) is 2. The molecule has 0 heterocycles. The number of unbranched alkanes of at least 4 members (excludes halogenated alkanes) is 2. The van der Waals surface area contributed by atoms with Crippen molar-refractivity contribution in [2.75, 3.05) is 6.54 Å². The summed E-state index contributed by atoms with van der Waals surface area (Å²) in [4.78, 5) is 8.94. The van der Waals surface area contributed by atoms with Gasteiger partial charge >= 0.3 is 0 Å². The van der Waals surface area contributed by atoms with Crippen LogP contribution in [-0.4, -0.2) is 19.1 Å². The standard InChI is InChI=1S/C38H51N3/c1-10-17-20-25-32(8)31-40-38(39-9)35(28-21-18-11-2)29-22-26-33(15-6)30-36(23-13-4)41-37(24-14-5)34(16-7)27-19-12-3/h4,10,12,14,16-17,19-20,22-25,28-30,41H,7-9,11,15,18,21,26-27,31H2,1-3,5-6H3/b17-10-,19-12-,24-14-,25-20-,29-22-,33-30+,35-28+,36-23+,37-34-,40-38?. The molecule has 0 saturated carbocycles. The maximum Gasteiger partial charge on any atom is 0.153 e. The van der Waals surface area contributed by atoms with Crippen LogP contribution < -0.4 is 5.32 Å². The number of allylic oxidation sites excluding steroid dienone is 14. The Bertz CT molecular complexity index is 1180. The van der Waals surface area contributed by atoms with Crippen LogP contribution in [0.25, 0.3) is 0 Å². The first kappa shape index (κ1) is 36.8. The molecule has 0 aromatic rings. The third-order valence-electron chi connectivity index (χ3n) is 5.91. The van der Waals surface area contributed by atoms with Crippen molar-refractivity contribution in [1.82, 2.24) is 5.32 Å². The van der Waals surface area contributed by atoms with Crippen LogP contribution in [0.4, 0.5) is 0 Å². The van der Waals surface area contributed by atoms with Gasteiger partial charge in [0, 0.05) is 23.0 Å². The molecule has 0 rings (SSSR count). The van der Waals surface area contributed by atoms with Gasteiger partial charge in [-0.2, -0.15) is 0 Å². The Balaban J connectivity index is 6.10. The van der Waals surface area contributed by atoms with E-state index in [4.69, 9.17) is 11.4 Å². The monoisotopic (exact) mass is 549 g/mol. The number of nitrogens with one attached hydrogen (secondary N) is 1. The van der Waals surface area contributed by atoms with Crippen LogP contribution in [0.15, 0.2) is 142 Å². The van der Waals surface area contributed by atoms with Gasteiger partial charge in [0.15, 0.2) is 5.84 Å². The normalized spacial score (nSPS) is 14.4. The third-order valence-corrected chi connectivity index (χ3v) is 5.91. The van der Waals surface area contributed by atoms with E-state index in [0.29, 0.717) is 12.4 Å². The predicted octanol–water partition coefficient (Wildman–Crippen LogP) is 10.3. The Morgan fingerprint density at radius 2 is 1.76 bits per heavy atom. The van der Waals surface area contributed by atoms with Crippen LogP contribution in [-0.2, 0) is 0 Å². The first-order valence-electron chi connectivity index (χ1n) is 14.5. The van der Waals surface area contributed by atoms with Crippen LogP contribution in [0, 0.1) is 12.3 Å². The van der Waals surface area contributed by atoms with E-state index in [0.717, 1.165) is 66.6 Å². The number of rotatable bonds is 19. The lowest BCUT2D eigenvalue weighted by Gasteiger charge is -2.13. The lowest BCUT2D eigenvalue weighted by molar-refractivity contribution is 0.813. The molecule has 0 aromatic carbocycles. The van der Waals surface area contributed by atoms with E-state index in [1.54, 1.807) is 6.08 Å². The highest BCUT2D eigenvalue weighted by Crippen LogP contribution is 2.17. The van der Waals surface area contributed by atoms with Gasteiger partial charge in [-0.05, 0) is 76.5 Å². The van der Waals surface area contributed by atoms with Crippen LogP contribution in [0.2, 0.25) is 0 Å². The van der Waals surface area contributed by atoms with Gasteiger partial charge < -0.3 is 5.32 Å². The summed E-state index contributed by atoms with van der Waals surface area (Å²) in [6.07, 6.45) is 39.6. The molecule has 0 aliphatic carbocycles. The van der Waals surface area contributed by atoms with Crippen molar-refractivity contribution in [3.05, 3.63) is 132 Å². The Morgan fingerprint density at radius 3 is 2.34 bits per heavy atom. The molecule has 3 nitrogen and oxygen atoms in total. The molecule has 0 amide bonds. The molecule has 0 saturated heterocycles. The summed E-state index contributed by atoms with van der Waals surface area (Å²) in [6.45, 7) is 22.7. The number of hydrogen-bond acceptors (Lipinski definition) is 2. The zero-order chi connectivity index (χ0) is 30.7. The minimum absolute atomic E-state index is 0.468. The van der Waals surface area contributed by atoms with Crippen LogP contribution >= 0.6 is 0 Å². The highest BCUT2D eigenvalue weighted by Gasteiger charge is 2.05. The maximum absolute atomic E-state index is 5.69. The molecular formula is C38H51N3. The molecule has 0 spiro atoms. The Morgan fingerprint density at radius 1 is 0.976 bits per heavy atom. The molecule has 3 heteroatoms. The molecule has 0 bridgehead atoms. The molecule has 218 valence electrons. The highest BCUT2D eigenvalue weighted by atomic mass is 14.9. The predicted molar refractivity (Wildman–Crippen MR) is 186 cm³/mol. The summed E-state index contributed by atoms with van der Waals surface area (Å²) < 4.78 is 0. The second-order valence-electron chi connectivity index (χ2n) is 9.21. The quantitative estimate of drug-likeness (QED) is 0.0427. The first-order valence-corrected chi connectivity index (χ1v) is 14.5.